The van der Waals surface area contributed by atoms with Gasteiger partial charge in [0.2, 0.25) is 15.9 Å². The average molecular weight is 478 g/mol. The van der Waals surface area contributed by atoms with E-state index in [2.05, 4.69) is 0 Å². The van der Waals surface area contributed by atoms with Gasteiger partial charge in [0.15, 0.2) is 0 Å². The summed E-state index contributed by atoms with van der Waals surface area (Å²) in [5.74, 6) is -0.502. The van der Waals surface area contributed by atoms with Crippen LogP contribution in [0.1, 0.15) is 34.6 Å². The summed E-state index contributed by atoms with van der Waals surface area (Å²) in [5.41, 5.74) is 0.924. The molecule has 6 nitrogen and oxygen atoms in total. The Morgan fingerprint density at radius 1 is 1.06 bits per heavy atom. The van der Waals surface area contributed by atoms with E-state index in [0.29, 0.717) is 17.5 Å². The van der Waals surface area contributed by atoms with Gasteiger partial charge in [-0.15, -0.1) is 0 Å². The number of piperazine rings is 1. The van der Waals surface area contributed by atoms with Crippen molar-refractivity contribution in [1.29, 1.82) is 5.26 Å². The van der Waals surface area contributed by atoms with Crippen molar-refractivity contribution in [2.75, 3.05) is 26.2 Å². The van der Waals surface area contributed by atoms with Gasteiger partial charge in [0.1, 0.15) is 0 Å². The van der Waals surface area contributed by atoms with Gasteiger partial charge in [-0.1, -0.05) is 12.1 Å². The molecule has 4 rings (SSSR count). The Bertz CT molecular complexity index is 1210. The van der Waals surface area contributed by atoms with Crippen LogP contribution in [0.25, 0.3) is 0 Å². The minimum Gasteiger partial charge on any atom is -0.340 e. The number of rotatable bonds is 4. The summed E-state index contributed by atoms with van der Waals surface area (Å²) in [7, 11) is -3.79. The zero-order valence-electron chi connectivity index (χ0n) is 17.8. The van der Waals surface area contributed by atoms with Crippen LogP contribution in [0.3, 0.4) is 0 Å². The van der Waals surface area contributed by atoms with E-state index < -0.39 is 21.8 Å². The summed E-state index contributed by atoms with van der Waals surface area (Å²) in [6.07, 6.45) is -3.82. The van der Waals surface area contributed by atoms with Crippen molar-refractivity contribution in [2.45, 2.75) is 30.3 Å². The highest BCUT2D eigenvalue weighted by molar-refractivity contribution is 7.89. The first-order valence-electron chi connectivity index (χ1n) is 10.5. The van der Waals surface area contributed by atoms with Crippen LogP contribution in [0.5, 0.6) is 0 Å². The molecule has 1 saturated carbocycles. The fraction of sp³-hybridized carbons (Fsp3) is 0.391. The first-order valence-corrected chi connectivity index (χ1v) is 11.9. The van der Waals surface area contributed by atoms with E-state index in [-0.39, 0.29) is 54.4 Å². The van der Waals surface area contributed by atoms with Crippen molar-refractivity contribution in [1.82, 2.24) is 9.21 Å². The van der Waals surface area contributed by atoms with Gasteiger partial charge in [0.05, 0.1) is 22.1 Å². The van der Waals surface area contributed by atoms with Gasteiger partial charge in [0.25, 0.3) is 0 Å². The van der Waals surface area contributed by atoms with Crippen molar-refractivity contribution in [2.24, 2.45) is 5.92 Å². The fourth-order valence-electron chi connectivity index (χ4n) is 4.25. The molecule has 2 atom stereocenters. The predicted octanol–water partition coefficient (Wildman–Crippen LogP) is 3.52. The summed E-state index contributed by atoms with van der Waals surface area (Å²) in [6.45, 7) is 2.48. The lowest BCUT2D eigenvalue weighted by Gasteiger charge is -2.34. The number of sulfonamides is 1. The Morgan fingerprint density at radius 3 is 2.27 bits per heavy atom. The van der Waals surface area contributed by atoms with E-state index in [1.165, 1.54) is 28.6 Å². The van der Waals surface area contributed by atoms with Gasteiger partial charge >= 0.3 is 6.18 Å². The minimum atomic E-state index is -4.40. The number of nitrogens with zero attached hydrogens (tertiary/aromatic N) is 3. The first kappa shape index (κ1) is 23.3. The lowest BCUT2D eigenvalue weighted by molar-refractivity contribution is -0.137. The van der Waals surface area contributed by atoms with Crippen molar-refractivity contribution < 1.29 is 26.4 Å². The molecule has 2 aromatic carbocycles. The van der Waals surface area contributed by atoms with Gasteiger partial charge in [-0.25, -0.2) is 8.42 Å². The van der Waals surface area contributed by atoms with Gasteiger partial charge in [-0.2, -0.15) is 22.7 Å². The van der Waals surface area contributed by atoms with E-state index in [4.69, 9.17) is 5.26 Å². The molecule has 33 heavy (non-hydrogen) atoms. The molecule has 2 aromatic rings. The molecule has 2 aliphatic rings. The topological polar surface area (TPSA) is 81.5 Å². The number of hydrogen-bond acceptors (Lipinski definition) is 4. The van der Waals surface area contributed by atoms with Crippen molar-refractivity contribution >= 4 is 15.9 Å². The molecule has 0 aromatic heterocycles. The number of carbonyl (C=O) groups excluding carboxylic acids is 1. The Hall–Kier alpha value is -2.90. The lowest BCUT2D eigenvalue weighted by atomic mass is 10.1. The molecule has 1 amide bonds. The number of benzene rings is 2. The second-order valence-electron chi connectivity index (χ2n) is 8.44. The van der Waals surface area contributed by atoms with Crippen LogP contribution in [0.4, 0.5) is 13.2 Å². The van der Waals surface area contributed by atoms with Crippen LogP contribution >= 0.6 is 0 Å². The Morgan fingerprint density at radius 2 is 1.70 bits per heavy atom. The third-order valence-electron chi connectivity index (χ3n) is 6.14. The molecule has 10 heteroatoms. The number of nitriles is 1. The summed E-state index contributed by atoms with van der Waals surface area (Å²) < 4.78 is 65.5. The van der Waals surface area contributed by atoms with Crippen LogP contribution in [-0.2, 0) is 21.0 Å². The van der Waals surface area contributed by atoms with Gasteiger partial charge in [-0.05, 0) is 60.7 Å². The van der Waals surface area contributed by atoms with Crippen LogP contribution in [0.15, 0.2) is 47.4 Å². The van der Waals surface area contributed by atoms with Crippen LogP contribution in [0, 0.1) is 24.2 Å². The van der Waals surface area contributed by atoms with Gasteiger partial charge in [-0.3, -0.25) is 4.79 Å². The average Bonchev–Trinajstić information content (AvgIpc) is 3.58. The van der Waals surface area contributed by atoms with E-state index in [1.54, 1.807) is 17.9 Å². The van der Waals surface area contributed by atoms with Crippen molar-refractivity contribution in [3.8, 4) is 6.07 Å². The molecule has 2 unspecified atom stereocenters. The molecule has 1 aliphatic heterocycles. The Kier molecular flexibility index (Phi) is 5.97. The van der Waals surface area contributed by atoms with E-state index in [1.807, 2.05) is 6.07 Å². The van der Waals surface area contributed by atoms with E-state index in [0.717, 1.165) is 12.1 Å². The number of alkyl halides is 3. The standard InChI is InChI=1S/C23H22F3N3O3S/c1-15-10-16(14-27)12-19(11-15)33(31,32)29-8-6-28(7-9-29)22(30)21-13-20(21)17-2-4-18(5-3-17)23(24,25)26/h2-5,10-12,20-21H,6-9,13H2,1H3. The van der Waals surface area contributed by atoms with Gasteiger partial charge in [0, 0.05) is 32.1 Å². The maximum Gasteiger partial charge on any atom is 0.416 e. The maximum absolute atomic E-state index is 13.0. The summed E-state index contributed by atoms with van der Waals surface area (Å²) in [5, 5.41) is 9.12. The summed E-state index contributed by atoms with van der Waals surface area (Å²) in [4.78, 5) is 14.5. The second kappa shape index (κ2) is 8.47. The number of halogens is 3. The number of carbonyl (C=O) groups is 1. The monoisotopic (exact) mass is 477 g/mol. The third-order valence-corrected chi connectivity index (χ3v) is 8.02. The normalized spacial score (nSPS) is 21.5. The minimum absolute atomic E-state index is 0.0587. The van der Waals surface area contributed by atoms with Gasteiger partial charge < -0.3 is 4.90 Å². The molecule has 0 bridgehead atoms. The highest BCUT2D eigenvalue weighted by Crippen LogP contribution is 2.49. The zero-order chi connectivity index (χ0) is 24.0. The quantitative estimate of drug-likeness (QED) is 0.675. The molecule has 1 aliphatic carbocycles. The lowest BCUT2D eigenvalue weighted by Crippen LogP contribution is -2.51. The van der Waals surface area contributed by atoms with Crippen molar-refractivity contribution in [3.63, 3.8) is 0 Å². The van der Waals surface area contributed by atoms with Crippen LogP contribution < -0.4 is 0 Å². The molecule has 2 fully saturated rings. The SMILES string of the molecule is Cc1cc(C#N)cc(S(=O)(=O)N2CCN(C(=O)C3CC3c3ccc(C(F)(F)F)cc3)CC2)c1. The smallest absolute Gasteiger partial charge is 0.340 e. The highest BCUT2D eigenvalue weighted by atomic mass is 32.2. The number of aryl methyl sites for hydroxylation is 1. The predicted molar refractivity (Wildman–Crippen MR) is 114 cm³/mol. The number of hydrogen-bond donors (Lipinski definition) is 0. The van der Waals surface area contributed by atoms with E-state index >= 15 is 0 Å². The van der Waals surface area contributed by atoms with Crippen molar-refractivity contribution in [3.05, 3.63) is 64.7 Å². The Labute approximate surface area is 190 Å². The molecule has 0 N–H and O–H groups in total. The Balaban J connectivity index is 1.37. The largest absolute Gasteiger partial charge is 0.416 e. The third kappa shape index (κ3) is 4.75. The molecular formula is C23H22F3N3O3S. The molecule has 1 heterocycles. The number of amides is 1. The molecule has 1 saturated heterocycles. The molecule has 0 spiro atoms. The highest BCUT2D eigenvalue weighted by Gasteiger charge is 2.46. The molecule has 174 valence electrons. The second-order valence-corrected chi connectivity index (χ2v) is 10.4. The first-order chi connectivity index (χ1) is 15.5. The van der Waals surface area contributed by atoms with E-state index in [9.17, 15) is 26.4 Å². The fourth-order valence-corrected chi connectivity index (χ4v) is 5.80. The summed E-state index contributed by atoms with van der Waals surface area (Å²) >= 11 is 0. The van der Waals surface area contributed by atoms with Crippen LogP contribution in [-0.4, -0.2) is 49.7 Å². The molecule has 0 radical (unpaired) electrons. The van der Waals surface area contributed by atoms with Crippen LogP contribution in [0.2, 0.25) is 0 Å². The zero-order valence-corrected chi connectivity index (χ0v) is 18.7. The maximum atomic E-state index is 13.0. The summed E-state index contributed by atoms with van der Waals surface area (Å²) in [6, 6.07) is 11.3. The molecular weight excluding hydrogens is 455 g/mol.